The minimum Gasteiger partial charge on any atom is -0.495 e. The highest BCUT2D eigenvalue weighted by Crippen LogP contribution is 2.27. The topological polar surface area (TPSA) is 71.2 Å². The van der Waals surface area contributed by atoms with Crippen LogP contribution in [0.15, 0.2) is 41.8 Å². The summed E-state index contributed by atoms with van der Waals surface area (Å²) in [4.78, 5) is 12.8. The molecule has 0 aliphatic heterocycles. The third kappa shape index (κ3) is 4.13. The van der Waals surface area contributed by atoms with Crippen LogP contribution in [0.1, 0.15) is 21.7 Å². The maximum Gasteiger partial charge on any atom is 0.196 e. The van der Waals surface area contributed by atoms with Crippen LogP contribution >= 0.6 is 11.8 Å². The highest BCUT2D eigenvalue weighted by Gasteiger charge is 2.18. The molecule has 0 aliphatic rings. The van der Waals surface area contributed by atoms with Gasteiger partial charge in [0.1, 0.15) is 12.1 Å². The number of benzene rings is 1. The van der Waals surface area contributed by atoms with Gasteiger partial charge in [0.2, 0.25) is 0 Å². The summed E-state index contributed by atoms with van der Waals surface area (Å²) in [7, 11) is 3.30. The number of para-hydroxylation sites is 2. The van der Waals surface area contributed by atoms with Gasteiger partial charge in [-0.2, -0.15) is 0 Å². The van der Waals surface area contributed by atoms with E-state index in [1.165, 1.54) is 11.8 Å². The molecule has 8 heteroatoms. The van der Waals surface area contributed by atoms with Crippen molar-refractivity contribution in [2.75, 3.05) is 26.6 Å². The van der Waals surface area contributed by atoms with Crippen molar-refractivity contribution in [1.29, 1.82) is 0 Å². The van der Waals surface area contributed by atoms with Crippen LogP contribution < -0.4 is 4.74 Å². The lowest BCUT2D eigenvalue weighted by atomic mass is 10.2. The summed E-state index contributed by atoms with van der Waals surface area (Å²) in [6, 6.07) is 9.58. The molecule has 2 aromatic heterocycles. The van der Waals surface area contributed by atoms with Crippen molar-refractivity contribution >= 4 is 17.5 Å². The Hall–Kier alpha value is -2.58. The number of aromatic nitrogens is 4. The molecule has 3 rings (SSSR count). The molecule has 28 heavy (non-hydrogen) atoms. The molecule has 0 radical (unpaired) electrons. The van der Waals surface area contributed by atoms with Gasteiger partial charge in [0, 0.05) is 30.6 Å². The fraction of sp³-hybridized carbons (Fsp3) is 0.350. The summed E-state index contributed by atoms with van der Waals surface area (Å²) in [5.74, 6) is 1.07. The van der Waals surface area contributed by atoms with Crippen LogP contribution in [0, 0.1) is 13.8 Å². The van der Waals surface area contributed by atoms with Crippen molar-refractivity contribution < 1.29 is 14.3 Å². The van der Waals surface area contributed by atoms with E-state index in [2.05, 4.69) is 14.8 Å². The minimum absolute atomic E-state index is 0.0661. The molecular weight excluding hydrogens is 376 g/mol. The third-order valence-electron chi connectivity index (χ3n) is 4.59. The first-order valence-corrected chi connectivity index (χ1v) is 9.90. The van der Waals surface area contributed by atoms with E-state index in [1.54, 1.807) is 20.5 Å². The molecule has 0 spiro atoms. The molecule has 1 aromatic carbocycles. The number of Topliss-reactive ketones (excluding diaryl/α,β-unsaturated/α-hetero) is 1. The van der Waals surface area contributed by atoms with Gasteiger partial charge < -0.3 is 14.0 Å². The summed E-state index contributed by atoms with van der Waals surface area (Å²) in [5, 5.41) is 8.81. The Morgan fingerprint density at radius 1 is 1.21 bits per heavy atom. The van der Waals surface area contributed by atoms with Crippen molar-refractivity contribution in [1.82, 2.24) is 19.3 Å². The zero-order valence-corrected chi connectivity index (χ0v) is 17.3. The second kappa shape index (κ2) is 9.07. The van der Waals surface area contributed by atoms with E-state index in [4.69, 9.17) is 9.47 Å². The first kappa shape index (κ1) is 20.2. The predicted octanol–water partition coefficient (Wildman–Crippen LogP) is 3.32. The van der Waals surface area contributed by atoms with Gasteiger partial charge in [-0.1, -0.05) is 23.9 Å². The van der Waals surface area contributed by atoms with E-state index in [-0.39, 0.29) is 11.5 Å². The van der Waals surface area contributed by atoms with Gasteiger partial charge in [0.15, 0.2) is 10.9 Å². The molecule has 2 heterocycles. The van der Waals surface area contributed by atoms with E-state index in [1.807, 2.05) is 48.7 Å². The van der Waals surface area contributed by atoms with E-state index < -0.39 is 0 Å². The Bertz CT molecular complexity index is 964. The Morgan fingerprint density at radius 2 is 2.00 bits per heavy atom. The van der Waals surface area contributed by atoms with Crippen molar-refractivity contribution in [3.8, 4) is 11.4 Å². The molecule has 3 aromatic rings. The number of nitrogens with zero attached hydrogens (tertiary/aromatic N) is 4. The number of aryl methyl sites for hydroxylation is 1. The van der Waals surface area contributed by atoms with Crippen LogP contribution in [0.3, 0.4) is 0 Å². The number of rotatable bonds is 9. The normalized spacial score (nSPS) is 11.0. The summed E-state index contributed by atoms with van der Waals surface area (Å²) in [6.45, 7) is 5.32. The van der Waals surface area contributed by atoms with Crippen LogP contribution in [0.25, 0.3) is 5.69 Å². The van der Waals surface area contributed by atoms with Crippen LogP contribution in [-0.4, -0.2) is 51.7 Å². The summed E-state index contributed by atoms with van der Waals surface area (Å²) in [5.41, 5.74) is 3.60. The molecular formula is C20H24N4O3S. The molecule has 0 bridgehead atoms. The Kier molecular flexibility index (Phi) is 6.53. The van der Waals surface area contributed by atoms with Crippen LogP contribution in [0.2, 0.25) is 0 Å². The van der Waals surface area contributed by atoms with Gasteiger partial charge in [-0.25, -0.2) is 0 Å². The maximum absolute atomic E-state index is 12.8. The molecule has 0 saturated heterocycles. The van der Waals surface area contributed by atoms with Crippen LogP contribution in [0.4, 0.5) is 0 Å². The van der Waals surface area contributed by atoms with Crippen molar-refractivity contribution in [3.05, 3.63) is 53.6 Å². The standard InChI is InChI=1S/C20H24N4O3S/c1-14-11-16(15(2)23(14)9-10-26-3)18(25)12-28-20-22-21-13-24(20)17-7-5-6-8-19(17)27-4/h5-8,11,13H,9-10,12H2,1-4H3. The molecule has 0 atom stereocenters. The predicted molar refractivity (Wildman–Crippen MR) is 109 cm³/mol. The fourth-order valence-electron chi connectivity index (χ4n) is 3.13. The average molecular weight is 401 g/mol. The number of carbonyl (C=O) groups is 1. The average Bonchev–Trinajstić information content (AvgIpc) is 3.29. The van der Waals surface area contributed by atoms with E-state index in [0.29, 0.717) is 11.8 Å². The number of hydrogen-bond acceptors (Lipinski definition) is 6. The smallest absolute Gasteiger partial charge is 0.196 e. The van der Waals surface area contributed by atoms with Crippen molar-refractivity contribution in [3.63, 3.8) is 0 Å². The van der Waals surface area contributed by atoms with Crippen LogP contribution in [-0.2, 0) is 11.3 Å². The fourth-order valence-corrected chi connectivity index (χ4v) is 3.94. The molecule has 148 valence electrons. The zero-order chi connectivity index (χ0) is 20.1. The van der Waals surface area contributed by atoms with Crippen LogP contribution in [0.5, 0.6) is 5.75 Å². The highest BCUT2D eigenvalue weighted by atomic mass is 32.2. The van der Waals surface area contributed by atoms with Gasteiger partial charge in [-0.15, -0.1) is 10.2 Å². The van der Waals surface area contributed by atoms with E-state index >= 15 is 0 Å². The van der Waals surface area contributed by atoms with Gasteiger partial charge in [0.05, 0.1) is 25.2 Å². The maximum atomic E-state index is 12.8. The highest BCUT2D eigenvalue weighted by molar-refractivity contribution is 7.99. The largest absolute Gasteiger partial charge is 0.495 e. The Labute approximate surface area is 168 Å². The van der Waals surface area contributed by atoms with Crippen molar-refractivity contribution in [2.24, 2.45) is 0 Å². The number of thioether (sulfide) groups is 1. The van der Waals surface area contributed by atoms with E-state index in [0.717, 1.165) is 34.9 Å². The molecule has 0 amide bonds. The molecule has 7 nitrogen and oxygen atoms in total. The molecule has 0 saturated carbocycles. The number of methoxy groups -OCH3 is 2. The van der Waals surface area contributed by atoms with Gasteiger partial charge in [0.25, 0.3) is 0 Å². The Morgan fingerprint density at radius 3 is 2.75 bits per heavy atom. The quantitative estimate of drug-likeness (QED) is 0.405. The SMILES string of the molecule is COCCn1c(C)cc(C(=O)CSc2nncn2-c2ccccc2OC)c1C. The number of ketones is 1. The first-order chi connectivity index (χ1) is 13.6. The third-order valence-corrected chi connectivity index (χ3v) is 5.53. The monoisotopic (exact) mass is 400 g/mol. The van der Waals surface area contributed by atoms with Gasteiger partial charge in [-0.05, 0) is 32.0 Å². The lowest BCUT2D eigenvalue weighted by molar-refractivity contribution is 0.102. The lowest BCUT2D eigenvalue weighted by Gasteiger charge is -2.10. The molecule has 0 aliphatic carbocycles. The molecule has 0 N–H and O–H groups in total. The zero-order valence-electron chi connectivity index (χ0n) is 16.5. The summed E-state index contributed by atoms with van der Waals surface area (Å²) >= 11 is 1.36. The second-order valence-corrected chi connectivity index (χ2v) is 7.24. The van der Waals surface area contributed by atoms with Gasteiger partial charge in [-0.3, -0.25) is 9.36 Å². The van der Waals surface area contributed by atoms with Gasteiger partial charge >= 0.3 is 0 Å². The van der Waals surface area contributed by atoms with Crippen molar-refractivity contribution in [2.45, 2.75) is 25.5 Å². The first-order valence-electron chi connectivity index (χ1n) is 8.92. The summed E-state index contributed by atoms with van der Waals surface area (Å²) < 4.78 is 14.5. The van der Waals surface area contributed by atoms with E-state index in [9.17, 15) is 4.79 Å². The number of hydrogen-bond donors (Lipinski definition) is 0. The minimum atomic E-state index is 0.0661. The molecule has 0 unspecified atom stereocenters. The number of carbonyl (C=O) groups excluding carboxylic acids is 1. The molecule has 0 fully saturated rings. The lowest BCUT2D eigenvalue weighted by Crippen LogP contribution is -2.10. The summed E-state index contributed by atoms with van der Waals surface area (Å²) in [6.07, 6.45) is 1.63. The Balaban J connectivity index is 1.76. The number of ether oxygens (including phenoxy) is 2. The second-order valence-electron chi connectivity index (χ2n) is 6.30.